The molecule has 1 atom stereocenters. The Morgan fingerprint density at radius 2 is 1.86 bits per heavy atom. The molecule has 1 aliphatic heterocycles. The molecular weight excluding hydrogens is 472 g/mol. The van der Waals surface area contributed by atoms with Gasteiger partial charge in [-0.15, -0.1) is 0 Å². The highest BCUT2D eigenvalue weighted by Crippen LogP contribution is 2.28. The molecule has 0 fully saturated rings. The second kappa shape index (κ2) is 11.1. The van der Waals surface area contributed by atoms with Crippen molar-refractivity contribution >= 4 is 27.7 Å². The smallest absolute Gasteiger partial charge is 0.274 e. The maximum absolute atomic E-state index is 13.5. The van der Waals surface area contributed by atoms with Crippen LogP contribution in [-0.4, -0.2) is 102 Å². The van der Waals surface area contributed by atoms with Gasteiger partial charge in [0.15, 0.2) is 5.69 Å². The molecule has 0 saturated heterocycles. The van der Waals surface area contributed by atoms with Crippen molar-refractivity contribution in [1.82, 2.24) is 29.2 Å². The predicted octanol–water partition coefficient (Wildman–Crippen LogP) is 0.00560. The molecule has 0 saturated carbocycles. The molecule has 1 aliphatic carbocycles. The number of nitrogens with one attached hydrogen (secondary N) is 1. The zero-order valence-corrected chi connectivity index (χ0v) is 22.2. The first-order valence-electron chi connectivity index (χ1n) is 12.2. The Balaban J connectivity index is 2.00. The van der Waals surface area contributed by atoms with Crippen LogP contribution >= 0.6 is 0 Å². The van der Waals surface area contributed by atoms with Crippen molar-refractivity contribution in [3.05, 3.63) is 17.0 Å². The third kappa shape index (κ3) is 6.60. The zero-order valence-electron chi connectivity index (χ0n) is 21.4. The van der Waals surface area contributed by atoms with Gasteiger partial charge in [-0.05, 0) is 38.0 Å². The van der Waals surface area contributed by atoms with Gasteiger partial charge in [0.25, 0.3) is 5.91 Å². The molecule has 1 aromatic rings. The van der Waals surface area contributed by atoms with Gasteiger partial charge in [-0.3, -0.25) is 19.1 Å². The number of fused-ring (bicyclic) bond motifs is 1. The minimum Gasteiger partial charge on any atom is -0.355 e. The summed E-state index contributed by atoms with van der Waals surface area (Å²) in [5.74, 6) is -0.527. The SMILES string of the molecule is CC(C)CCN1C(=O)CN(S(C)(=O)=O)CCCNC(=O)CN(C)C(=O)c2nn(C)c3c2CC1CC3. The molecule has 0 aromatic carbocycles. The van der Waals surface area contributed by atoms with E-state index in [-0.39, 0.29) is 49.9 Å². The van der Waals surface area contributed by atoms with Crippen LogP contribution in [-0.2, 0) is 39.5 Å². The van der Waals surface area contributed by atoms with Crippen LogP contribution in [0.15, 0.2) is 0 Å². The van der Waals surface area contributed by atoms with Crippen molar-refractivity contribution in [3.63, 3.8) is 0 Å². The minimum atomic E-state index is -3.61. The van der Waals surface area contributed by atoms with E-state index in [1.54, 1.807) is 23.7 Å². The molecule has 2 aliphatic rings. The molecule has 1 N–H and O–H groups in total. The number of carbonyl (C=O) groups is 3. The van der Waals surface area contributed by atoms with Crippen LogP contribution in [0.2, 0.25) is 0 Å². The summed E-state index contributed by atoms with van der Waals surface area (Å²) < 4.78 is 27.8. The highest BCUT2D eigenvalue weighted by atomic mass is 32.2. The van der Waals surface area contributed by atoms with Crippen molar-refractivity contribution in [3.8, 4) is 0 Å². The average molecular weight is 511 g/mol. The lowest BCUT2D eigenvalue weighted by Gasteiger charge is -2.36. The van der Waals surface area contributed by atoms with Crippen LogP contribution in [0.4, 0.5) is 0 Å². The van der Waals surface area contributed by atoms with Gasteiger partial charge in [0.2, 0.25) is 21.8 Å². The summed E-state index contributed by atoms with van der Waals surface area (Å²) in [6, 6.07) is -0.160. The molecule has 35 heavy (non-hydrogen) atoms. The highest BCUT2D eigenvalue weighted by Gasteiger charge is 2.35. The maximum Gasteiger partial charge on any atom is 0.274 e. The Kier molecular flexibility index (Phi) is 8.58. The lowest BCUT2D eigenvalue weighted by atomic mass is 9.89. The van der Waals surface area contributed by atoms with E-state index in [0.717, 1.165) is 23.9 Å². The van der Waals surface area contributed by atoms with Gasteiger partial charge in [0, 0.05) is 51.0 Å². The van der Waals surface area contributed by atoms with Crippen LogP contribution in [0.1, 0.15) is 54.9 Å². The summed E-state index contributed by atoms with van der Waals surface area (Å²) in [6.07, 6.45) is 4.08. The van der Waals surface area contributed by atoms with Gasteiger partial charge in [0.05, 0.1) is 19.3 Å². The monoisotopic (exact) mass is 510 g/mol. The van der Waals surface area contributed by atoms with Crippen LogP contribution in [0.25, 0.3) is 0 Å². The number of hydrogen-bond donors (Lipinski definition) is 1. The Bertz CT molecular complexity index is 1070. The Morgan fingerprint density at radius 1 is 1.14 bits per heavy atom. The summed E-state index contributed by atoms with van der Waals surface area (Å²) in [7, 11) is -0.244. The number of amides is 3. The van der Waals surface area contributed by atoms with Gasteiger partial charge in [-0.1, -0.05) is 13.8 Å². The fourth-order valence-corrected chi connectivity index (χ4v) is 5.53. The van der Waals surface area contributed by atoms with E-state index in [2.05, 4.69) is 24.3 Å². The fraction of sp³-hybridized carbons (Fsp3) is 0.739. The highest BCUT2D eigenvalue weighted by molar-refractivity contribution is 7.88. The van der Waals surface area contributed by atoms with Gasteiger partial charge >= 0.3 is 0 Å². The van der Waals surface area contributed by atoms with E-state index in [9.17, 15) is 22.8 Å². The standard InChI is InChI=1S/C23H38N6O5S/c1-16(2)9-12-29-17-7-8-19-18(13-17)22(25-27(19)4)23(32)26(3)14-20(30)24-10-6-11-28(15-21(29)31)35(5,33)34/h16-17H,6-15H2,1-5H3,(H,24,30). The number of hydrogen-bond acceptors (Lipinski definition) is 6. The second-order valence-corrected chi connectivity index (χ2v) is 12.0. The van der Waals surface area contributed by atoms with E-state index in [1.165, 1.54) is 9.21 Å². The molecule has 2 heterocycles. The summed E-state index contributed by atoms with van der Waals surface area (Å²) in [4.78, 5) is 42.2. The second-order valence-electron chi connectivity index (χ2n) is 10.0. The lowest BCUT2D eigenvalue weighted by Crippen LogP contribution is -2.50. The van der Waals surface area contributed by atoms with E-state index in [0.29, 0.717) is 43.8 Å². The molecule has 0 spiro atoms. The summed E-state index contributed by atoms with van der Waals surface area (Å²) in [5.41, 5.74) is 2.07. The van der Waals surface area contributed by atoms with Crippen molar-refractivity contribution < 1.29 is 22.8 Å². The third-order valence-electron chi connectivity index (χ3n) is 6.75. The van der Waals surface area contributed by atoms with Crippen molar-refractivity contribution in [2.45, 2.75) is 52.0 Å². The lowest BCUT2D eigenvalue weighted by molar-refractivity contribution is -0.134. The van der Waals surface area contributed by atoms with Crippen LogP contribution in [0.3, 0.4) is 0 Å². The Labute approximate surface area is 207 Å². The number of likely N-dealkylation sites (N-methyl/N-ethyl adjacent to an activating group) is 1. The minimum absolute atomic E-state index is 0.123. The molecule has 11 nitrogen and oxygen atoms in total. The van der Waals surface area contributed by atoms with E-state index >= 15 is 0 Å². The number of sulfonamides is 1. The molecule has 196 valence electrons. The maximum atomic E-state index is 13.5. The summed E-state index contributed by atoms with van der Waals surface area (Å²) >= 11 is 0. The molecule has 0 radical (unpaired) electrons. The fourth-order valence-electron chi connectivity index (χ4n) is 4.73. The zero-order chi connectivity index (χ0) is 25.9. The van der Waals surface area contributed by atoms with Gasteiger partial charge in [0.1, 0.15) is 0 Å². The number of rotatable bonds is 4. The van der Waals surface area contributed by atoms with Gasteiger partial charge < -0.3 is 15.1 Å². The Hall–Kier alpha value is -2.47. The van der Waals surface area contributed by atoms with Crippen LogP contribution < -0.4 is 5.32 Å². The molecule has 3 amide bonds. The number of aryl methyl sites for hydroxylation is 1. The van der Waals surface area contributed by atoms with E-state index in [1.807, 2.05) is 0 Å². The molecule has 1 unspecified atom stereocenters. The molecule has 1 aromatic heterocycles. The van der Waals surface area contributed by atoms with E-state index in [4.69, 9.17) is 0 Å². The normalized spacial score (nSPS) is 21.5. The first-order chi connectivity index (χ1) is 16.4. The molecule has 2 bridgehead atoms. The van der Waals surface area contributed by atoms with Gasteiger partial charge in [-0.25, -0.2) is 8.42 Å². The van der Waals surface area contributed by atoms with Crippen LogP contribution in [0.5, 0.6) is 0 Å². The largest absolute Gasteiger partial charge is 0.355 e. The van der Waals surface area contributed by atoms with E-state index < -0.39 is 10.0 Å². The topological polar surface area (TPSA) is 125 Å². The molecular formula is C23H38N6O5S. The van der Waals surface area contributed by atoms with Gasteiger partial charge in [-0.2, -0.15) is 9.40 Å². The first-order valence-corrected chi connectivity index (χ1v) is 14.0. The number of carbonyl (C=O) groups excluding carboxylic acids is 3. The van der Waals surface area contributed by atoms with Crippen LogP contribution in [0, 0.1) is 5.92 Å². The first kappa shape index (κ1) is 27.1. The quantitative estimate of drug-likeness (QED) is 0.608. The average Bonchev–Trinajstić information content (AvgIpc) is 3.09. The Morgan fingerprint density at radius 3 is 2.51 bits per heavy atom. The molecule has 12 heteroatoms. The van der Waals surface area contributed by atoms with Crippen molar-refractivity contribution in [2.24, 2.45) is 13.0 Å². The predicted molar refractivity (Wildman–Crippen MR) is 131 cm³/mol. The third-order valence-corrected chi connectivity index (χ3v) is 8.00. The number of aromatic nitrogens is 2. The number of nitrogens with zero attached hydrogens (tertiary/aromatic N) is 5. The summed E-state index contributed by atoms with van der Waals surface area (Å²) in [6.45, 7) is 4.70. The molecule has 3 rings (SSSR count). The van der Waals surface area contributed by atoms with Crippen molar-refractivity contribution in [1.29, 1.82) is 0 Å². The summed E-state index contributed by atoms with van der Waals surface area (Å²) in [5, 5.41) is 7.20. The van der Waals surface area contributed by atoms with Crippen molar-refractivity contribution in [2.75, 3.05) is 46.0 Å².